The molecule has 2 nitrogen and oxygen atoms in total. The molecule has 0 spiro atoms. The van der Waals surface area contributed by atoms with Gasteiger partial charge in [-0.25, -0.2) is 0 Å². The van der Waals surface area contributed by atoms with E-state index < -0.39 is 0 Å². The lowest BCUT2D eigenvalue weighted by atomic mass is 9.82. The third-order valence-electron chi connectivity index (χ3n) is 3.49. The molecule has 1 N–H and O–H groups in total. The molecule has 0 aromatic rings. The average Bonchev–Trinajstić information content (AvgIpc) is 2.27. The molecule has 0 saturated heterocycles. The molecule has 1 rings (SSSR count). The molecular weight excluding hydrogens is 266 g/mol. The lowest BCUT2D eigenvalue weighted by Gasteiger charge is -2.27. The fourth-order valence-electron chi connectivity index (χ4n) is 2.04. The molecule has 94 valence electrons. The fourth-order valence-corrected chi connectivity index (χ4v) is 2.24. The van der Waals surface area contributed by atoms with Gasteiger partial charge in [-0.05, 0) is 37.0 Å². The van der Waals surface area contributed by atoms with Crippen LogP contribution in [-0.4, -0.2) is 17.8 Å². The Labute approximate surface area is 108 Å². The second-order valence-electron chi connectivity index (χ2n) is 5.97. The van der Waals surface area contributed by atoms with Crippen LogP contribution in [0.3, 0.4) is 0 Å². The molecule has 1 aliphatic rings. The van der Waals surface area contributed by atoms with E-state index in [1.54, 1.807) is 0 Å². The van der Waals surface area contributed by atoms with Crippen LogP contribution < -0.4 is 5.32 Å². The Kier molecular flexibility index (Phi) is 5.29. The summed E-state index contributed by atoms with van der Waals surface area (Å²) in [5, 5.41) is 4.01. The van der Waals surface area contributed by atoms with Gasteiger partial charge in [0.05, 0.1) is 0 Å². The summed E-state index contributed by atoms with van der Waals surface area (Å²) in [6, 6.07) is 0. The molecule has 1 fully saturated rings. The largest absolute Gasteiger partial charge is 0.355 e. The zero-order chi connectivity index (χ0) is 12.2. The number of alkyl halides is 1. The van der Waals surface area contributed by atoms with Crippen molar-refractivity contribution in [3.05, 3.63) is 0 Å². The number of halogens is 1. The molecule has 0 atom stereocenters. The third-order valence-corrected chi connectivity index (χ3v) is 5.01. The Hall–Kier alpha value is -0.0500. The quantitative estimate of drug-likeness (QED) is 0.790. The molecule has 0 heterocycles. The monoisotopic (exact) mass is 289 g/mol. The van der Waals surface area contributed by atoms with Crippen molar-refractivity contribution in [1.29, 1.82) is 0 Å². The van der Waals surface area contributed by atoms with Gasteiger partial charge < -0.3 is 5.32 Å². The number of carbonyl (C=O) groups is 1. The van der Waals surface area contributed by atoms with Crippen molar-refractivity contribution < 1.29 is 4.79 Å². The first kappa shape index (κ1) is 14.0. The lowest BCUT2D eigenvalue weighted by molar-refractivity contribution is -0.126. The molecule has 0 radical (unpaired) electrons. The van der Waals surface area contributed by atoms with E-state index in [9.17, 15) is 4.79 Å². The summed E-state index contributed by atoms with van der Waals surface area (Å²) >= 11 is 3.47. The van der Waals surface area contributed by atoms with Gasteiger partial charge in [-0.3, -0.25) is 4.79 Å². The molecule has 0 unspecified atom stereocenters. The Balaban J connectivity index is 2.30. The smallest absolute Gasteiger partial charge is 0.223 e. The molecule has 0 aliphatic heterocycles. The Morgan fingerprint density at radius 3 is 2.38 bits per heavy atom. The topological polar surface area (TPSA) is 29.1 Å². The lowest BCUT2D eigenvalue weighted by Crippen LogP contribution is -2.39. The molecule has 3 heteroatoms. The van der Waals surface area contributed by atoms with E-state index >= 15 is 0 Å². The summed E-state index contributed by atoms with van der Waals surface area (Å²) in [6.07, 6.45) is 4.56. The fraction of sp³-hybridized carbons (Fsp3) is 0.923. The van der Waals surface area contributed by atoms with Crippen LogP contribution >= 0.6 is 15.9 Å². The van der Waals surface area contributed by atoms with Crippen LogP contribution in [0.1, 0.15) is 46.5 Å². The molecule has 0 aromatic carbocycles. The summed E-state index contributed by atoms with van der Waals surface area (Å²) in [5.74, 6) is 1.34. The number of nitrogens with one attached hydrogen (secondary N) is 1. The van der Waals surface area contributed by atoms with Gasteiger partial charge in [0.1, 0.15) is 0 Å². The van der Waals surface area contributed by atoms with Gasteiger partial charge in [-0.15, -0.1) is 0 Å². The van der Waals surface area contributed by atoms with Crippen LogP contribution in [0.25, 0.3) is 0 Å². The van der Waals surface area contributed by atoms with E-state index in [0.717, 1.165) is 30.6 Å². The van der Waals surface area contributed by atoms with Gasteiger partial charge in [0, 0.05) is 17.8 Å². The van der Waals surface area contributed by atoms with Crippen LogP contribution in [0.5, 0.6) is 0 Å². The zero-order valence-corrected chi connectivity index (χ0v) is 12.3. The highest BCUT2D eigenvalue weighted by molar-refractivity contribution is 9.09. The van der Waals surface area contributed by atoms with Gasteiger partial charge in [0.25, 0.3) is 0 Å². The zero-order valence-electron chi connectivity index (χ0n) is 10.7. The van der Waals surface area contributed by atoms with Gasteiger partial charge in [0.15, 0.2) is 0 Å². The van der Waals surface area contributed by atoms with Crippen LogP contribution in [-0.2, 0) is 4.79 Å². The van der Waals surface area contributed by atoms with Gasteiger partial charge in [-0.1, -0.05) is 36.7 Å². The number of rotatable bonds is 4. The van der Waals surface area contributed by atoms with Crippen molar-refractivity contribution in [2.45, 2.75) is 46.5 Å². The van der Waals surface area contributed by atoms with Gasteiger partial charge >= 0.3 is 0 Å². The normalized spacial score (nSPS) is 26.5. The van der Waals surface area contributed by atoms with Crippen LogP contribution in [0.4, 0.5) is 0 Å². The maximum Gasteiger partial charge on any atom is 0.223 e. The highest BCUT2D eigenvalue weighted by Crippen LogP contribution is 2.28. The first-order chi connectivity index (χ1) is 7.44. The van der Waals surface area contributed by atoms with E-state index in [1.165, 1.54) is 12.8 Å². The number of hydrogen-bond acceptors (Lipinski definition) is 1. The second-order valence-corrected chi connectivity index (χ2v) is 6.53. The summed E-state index contributed by atoms with van der Waals surface area (Å²) in [6.45, 7) is 7.36. The number of amides is 1. The number of hydrogen-bond donors (Lipinski definition) is 1. The van der Waals surface area contributed by atoms with Crippen molar-refractivity contribution >= 4 is 21.8 Å². The average molecular weight is 290 g/mol. The summed E-state index contributed by atoms with van der Waals surface area (Å²) in [4.78, 5) is 11.9. The van der Waals surface area contributed by atoms with Crippen molar-refractivity contribution in [2.24, 2.45) is 17.3 Å². The van der Waals surface area contributed by atoms with Crippen LogP contribution in [0.2, 0.25) is 0 Å². The maximum atomic E-state index is 11.9. The first-order valence-electron chi connectivity index (χ1n) is 6.28. The second kappa shape index (κ2) is 6.04. The Morgan fingerprint density at radius 1 is 1.31 bits per heavy atom. The van der Waals surface area contributed by atoms with E-state index in [0.29, 0.717) is 0 Å². The maximum absolute atomic E-state index is 11.9. The van der Waals surface area contributed by atoms with Crippen molar-refractivity contribution in [1.82, 2.24) is 5.32 Å². The van der Waals surface area contributed by atoms with Crippen LogP contribution in [0, 0.1) is 17.3 Å². The molecule has 1 saturated carbocycles. The standard InChI is InChI=1S/C13H24BrNO/c1-10-4-6-11(7-5-10)12(16)15-9-13(2,3)8-14/h10-11H,4-9H2,1-3H3,(H,15,16). The van der Waals surface area contributed by atoms with Crippen molar-refractivity contribution in [3.8, 4) is 0 Å². The minimum absolute atomic E-state index is 0.150. The minimum atomic E-state index is 0.150. The Morgan fingerprint density at radius 2 is 1.88 bits per heavy atom. The predicted molar refractivity (Wildman–Crippen MR) is 71.7 cm³/mol. The summed E-state index contributed by atoms with van der Waals surface area (Å²) in [7, 11) is 0. The number of carbonyl (C=O) groups excluding carboxylic acids is 1. The van der Waals surface area contributed by atoms with Crippen molar-refractivity contribution in [2.75, 3.05) is 11.9 Å². The van der Waals surface area contributed by atoms with Crippen molar-refractivity contribution in [3.63, 3.8) is 0 Å². The molecule has 16 heavy (non-hydrogen) atoms. The van der Waals surface area contributed by atoms with E-state index in [2.05, 4.69) is 42.0 Å². The molecule has 1 aliphatic carbocycles. The predicted octanol–water partition coefficient (Wildman–Crippen LogP) is 3.35. The Bertz CT molecular complexity index is 232. The third kappa shape index (κ3) is 4.44. The highest BCUT2D eigenvalue weighted by Gasteiger charge is 2.25. The SMILES string of the molecule is CC1CCC(C(=O)NCC(C)(C)CBr)CC1. The molecule has 1 amide bonds. The van der Waals surface area contributed by atoms with Gasteiger partial charge in [0.2, 0.25) is 5.91 Å². The highest BCUT2D eigenvalue weighted by atomic mass is 79.9. The summed E-state index contributed by atoms with van der Waals surface area (Å²) < 4.78 is 0. The van der Waals surface area contributed by atoms with E-state index in [-0.39, 0.29) is 17.2 Å². The molecular formula is C13H24BrNO. The first-order valence-corrected chi connectivity index (χ1v) is 7.40. The molecule has 0 bridgehead atoms. The summed E-state index contributed by atoms with van der Waals surface area (Å²) in [5.41, 5.74) is 0.150. The van der Waals surface area contributed by atoms with E-state index in [1.807, 2.05) is 0 Å². The minimum Gasteiger partial charge on any atom is -0.355 e. The van der Waals surface area contributed by atoms with E-state index in [4.69, 9.17) is 0 Å². The van der Waals surface area contributed by atoms with Crippen LogP contribution in [0.15, 0.2) is 0 Å². The molecule has 0 aromatic heterocycles. The van der Waals surface area contributed by atoms with Gasteiger partial charge in [-0.2, -0.15) is 0 Å².